The predicted octanol–water partition coefficient (Wildman–Crippen LogP) is 13.8. The molecule has 338 valence electrons. The number of nitrogens with zero attached hydrogens (tertiary/aromatic N) is 1. The van der Waals surface area contributed by atoms with Crippen LogP contribution in [0.1, 0.15) is 247 Å². The molecule has 0 rings (SSSR count). The Morgan fingerprint density at radius 2 is 0.768 bits per heavy atom. The number of hydrogen-bond donors (Lipinski definition) is 2. The fourth-order valence-electron chi connectivity index (χ4n) is 7.19. The van der Waals surface area contributed by atoms with Crippen molar-refractivity contribution in [2.24, 2.45) is 11.8 Å². The van der Waals surface area contributed by atoms with Crippen molar-refractivity contribution in [3.63, 3.8) is 0 Å². The molecule has 0 amide bonds. The van der Waals surface area contributed by atoms with Crippen LogP contribution in [0.5, 0.6) is 0 Å². The van der Waals surface area contributed by atoms with E-state index in [2.05, 4.69) is 55.9 Å². The van der Waals surface area contributed by atoms with Crippen molar-refractivity contribution in [3.8, 4) is 0 Å². The van der Waals surface area contributed by atoms with E-state index in [0.29, 0.717) is 45.5 Å². The van der Waals surface area contributed by atoms with Crippen LogP contribution in [0.2, 0.25) is 0 Å². The third kappa shape index (κ3) is 54.9. The van der Waals surface area contributed by atoms with E-state index in [-0.39, 0.29) is 6.61 Å². The Labute approximate surface area is 350 Å². The Hall–Kier alpha value is -1.18. The molecule has 0 spiro atoms. The number of rotatable bonds is 43. The van der Waals surface area contributed by atoms with Crippen LogP contribution in [-0.2, 0) is 19.1 Å². The molecule has 3 atom stereocenters. The van der Waals surface area contributed by atoms with Crippen molar-refractivity contribution < 1.29 is 29.3 Å². The summed E-state index contributed by atoms with van der Waals surface area (Å²) in [5, 5.41) is 19.1. The van der Waals surface area contributed by atoms with E-state index in [1.807, 2.05) is 0 Å². The van der Waals surface area contributed by atoms with Gasteiger partial charge in [0, 0.05) is 19.7 Å². The largest absolute Gasteiger partial charge is 0.468 e. The second kappa shape index (κ2) is 53.8. The summed E-state index contributed by atoms with van der Waals surface area (Å²) in [4.78, 5) is 22.2. The van der Waals surface area contributed by atoms with Gasteiger partial charge in [0.2, 0.25) is 0 Å². The third-order valence-electron chi connectivity index (χ3n) is 11.0. The van der Waals surface area contributed by atoms with Crippen molar-refractivity contribution in [3.05, 3.63) is 0 Å². The Morgan fingerprint density at radius 1 is 0.446 bits per heavy atom. The van der Waals surface area contributed by atoms with E-state index in [9.17, 15) is 14.7 Å². The van der Waals surface area contributed by atoms with Crippen LogP contribution < -0.4 is 0 Å². The zero-order valence-corrected chi connectivity index (χ0v) is 38.7. The van der Waals surface area contributed by atoms with Gasteiger partial charge in [-0.25, -0.2) is 0 Å². The minimum absolute atomic E-state index is 0.151. The maximum absolute atomic E-state index is 10.1. The molecule has 0 heterocycles. The Morgan fingerprint density at radius 3 is 1.18 bits per heavy atom. The van der Waals surface area contributed by atoms with E-state index >= 15 is 0 Å². The summed E-state index contributed by atoms with van der Waals surface area (Å²) in [7, 11) is 0. The third-order valence-corrected chi connectivity index (χ3v) is 11.0. The van der Waals surface area contributed by atoms with Crippen molar-refractivity contribution in [2.75, 3.05) is 39.5 Å². The zero-order chi connectivity index (χ0) is 42.0. The van der Waals surface area contributed by atoms with Gasteiger partial charge in [0.25, 0.3) is 12.9 Å². The van der Waals surface area contributed by atoms with Crippen molar-refractivity contribution in [1.82, 2.24) is 4.90 Å². The summed E-state index contributed by atoms with van der Waals surface area (Å²) in [6.45, 7) is 18.3. The van der Waals surface area contributed by atoms with Gasteiger partial charge in [0.05, 0.1) is 19.3 Å². The maximum atomic E-state index is 10.1. The molecule has 0 aromatic heterocycles. The first-order valence-corrected chi connectivity index (χ1v) is 24.5. The molecule has 0 aliphatic carbocycles. The van der Waals surface area contributed by atoms with Gasteiger partial charge in [-0.15, -0.1) is 0 Å². The van der Waals surface area contributed by atoms with E-state index in [1.165, 1.54) is 154 Å². The van der Waals surface area contributed by atoms with E-state index in [1.54, 1.807) is 0 Å². The monoisotopic (exact) mass is 800 g/mol. The average molecular weight is 800 g/mol. The highest BCUT2D eigenvalue weighted by Crippen LogP contribution is 2.19. The van der Waals surface area contributed by atoms with Crippen LogP contribution in [-0.4, -0.2) is 73.6 Å². The van der Waals surface area contributed by atoms with Crippen LogP contribution >= 0.6 is 0 Å². The smallest absolute Gasteiger partial charge is 0.293 e. The van der Waals surface area contributed by atoms with E-state index in [4.69, 9.17) is 5.11 Å². The summed E-state index contributed by atoms with van der Waals surface area (Å²) in [5.41, 5.74) is 0. The van der Waals surface area contributed by atoms with Crippen molar-refractivity contribution in [1.29, 1.82) is 0 Å². The number of carbonyl (C=O) groups is 2. The number of aliphatic hydroxyl groups excluding tert-OH is 2. The normalized spacial score (nSPS) is 12.6. The number of unbranched alkanes of at least 4 members (excludes halogenated alkanes) is 20. The molecule has 0 fully saturated rings. The molecule has 0 saturated carbocycles. The van der Waals surface area contributed by atoms with Gasteiger partial charge >= 0.3 is 0 Å². The van der Waals surface area contributed by atoms with Gasteiger partial charge in [0.1, 0.15) is 0 Å². The molecule has 7 nitrogen and oxygen atoms in total. The Balaban J connectivity index is -0.000000778. The highest BCUT2D eigenvalue weighted by Gasteiger charge is 2.11. The summed E-state index contributed by atoms with van der Waals surface area (Å²) < 4.78 is 9.27. The van der Waals surface area contributed by atoms with Gasteiger partial charge in [-0.1, -0.05) is 208 Å². The topological polar surface area (TPSA) is 96.3 Å². The molecule has 0 aliphatic heterocycles. The molecule has 0 saturated heterocycles. The van der Waals surface area contributed by atoms with Crippen LogP contribution in [0.25, 0.3) is 0 Å². The first-order valence-electron chi connectivity index (χ1n) is 24.5. The van der Waals surface area contributed by atoms with Crippen molar-refractivity contribution >= 4 is 12.9 Å². The quantitative estimate of drug-likeness (QED) is 0.0468. The zero-order valence-electron chi connectivity index (χ0n) is 38.7. The molecular formula is C49H101NO6. The highest BCUT2D eigenvalue weighted by molar-refractivity contribution is 5.36. The number of hydrogen-bond acceptors (Lipinski definition) is 7. The second-order valence-corrected chi connectivity index (χ2v) is 16.9. The van der Waals surface area contributed by atoms with E-state index < -0.39 is 6.10 Å². The first kappa shape index (κ1) is 59.1. The van der Waals surface area contributed by atoms with Gasteiger partial charge in [0.15, 0.2) is 0 Å². The molecule has 0 bridgehead atoms. The summed E-state index contributed by atoms with van der Waals surface area (Å²) in [5.74, 6) is 1.95. The lowest BCUT2D eigenvalue weighted by atomic mass is 9.96. The first-order chi connectivity index (χ1) is 27.4. The minimum atomic E-state index is -0.402. The molecule has 3 unspecified atom stereocenters. The lowest BCUT2D eigenvalue weighted by Gasteiger charge is -2.25. The van der Waals surface area contributed by atoms with Crippen LogP contribution in [0.4, 0.5) is 0 Å². The van der Waals surface area contributed by atoms with Crippen LogP contribution in [0, 0.1) is 11.8 Å². The fraction of sp³-hybridized carbons (Fsp3) is 0.959. The summed E-state index contributed by atoms with van der Waals surface area (Å²) in [6, 6.07) is 0. The van der Waals surface area contributed by atoms with Gasteiger partial charge in [-0.05, 0) is 56.9 Å². The predicted molar refractivity (Wildman–Crippen MR) is 242 cm³/mol. The summed E-state index contributed by atoms with van der Waals surface area (Å²) in [6.07, 6.45) is 41.2. The van der Waals surface area contributed by atoms with Gasteiger partial charge < -0.3 is 24.6 Å². The average Bonchev–Trinajstić information content (AvgIpc) is 3.20. The molecule has 0 aromatic rings. The molecule has 56 heavy (non-hydrogen) atoms. The van der Waals surface area contributed by atoms with Gasteiger partial charge in [-0.2, -0.15) is 0 Å². The SMILES string of the molecule is CCCCCCCCC(C)CCCCCC.CCCCCCCCC(C)CCCCCC.O=COCCCCCCN(CCCO)CC(O)CCCCOC=O. The second-order valence-electron chi connectivity index (χ2n) is 16.9. The molecule has 0 aromatic carbocycles. The molecule has 0 aliphatic rings. The number of aliphatic hydroxyl groups is 2. The fourth-order valence-corrected chi connectivity index (χ4v) is 7.19. The van der Waals surface area contributed by atoms with Crippen molar-refractivity contribution in [2.45, 2.75) is 253 Å². The molecule has 2 N–H and O–H groups in total. The van der Waals surface area contributed by atoms with Crippen LogP contribution in [0.15, 0.2) is 0 Å². The lowest BCUT2D eigenvalue weighted by Crippen LogP contribution is -2.34. The molecule has 7 heteroatoms. The number of carbonyl (C=O) groups excluding carboxylic acids is 2. The minimum Gasteiger partial charge on any atom is -0.468 e. The Bertz CT molecular complexity index is 680. The lowest BCUT2D eigenvalue weighted by molar-refractivity contribution is -0.129. The van der Waals surface area contributed by atoms with Crippen LogP contribution in [0.3, 0.4) is 0 Å². The molecular weight excluding hydrogens is 699 g/mol. The Kier molecular flexibility index (Phi) is 56.8. The molecule has 0 radical (unpaired) electrons. The maximum Gasteiger partial charge on any atom is 0.293 e. The van der Waals surface area contributed by atoms with E-state index in [0.717, 1.165) is 63.5 Å². The highest BCUT2D eigenvalue weighted by atomic mass is 16.5. The summed E-state index contributed by atoms with van der Waals surface area (Å²) >= 11 is 0. The standard InChI is InChI=1S/C17H33NO6.2C16H34/c19-11-7-10-18(9-4-1-2-5-12-23-15-20)14-17(22)8-3-6-13-24-16-21;2*1-4-6-8-10-11-13-15-16(3)14-12-9-7-5-2/h15-17,19,22H,1-14H2;2*16H,4-15H2,1-3H3. The number of ether oxygens (including phenoxy) is 2. The van der Waals surface area contributed by atoms with Gasteiger partial charge in [-0.3, -0.25) is 9.59 Å².